The van der Waals surface area contributed by atoms with E-state index in [2.05, 4.69) is 29.8 Å². The third-order valence-corrected chi connectivity index (χ3v) is 8.33. The number of nitrogens with zero attached hydrogens (tertiary/aromatic N) is 5. The molecule has 2 aliphatic rings. The molecule has 5 aromatic rings. The Balaban J connectivity index is 1.20. The first-order valence-corrected chi connectivity index (χ1v) is 12.8. The van der Waals surface area contributed by atoms with Crippen molar-refractivity contribution in [2.75, 3.05) is 24.5 Å². The second-order valence-electron chi connectivity index (χ2n) is 10.1. The van der Waals surface area contributed by atoms with Crippen LogP contribution in [0.15, 0.2) is 60.9 Å². The highest BCUT2D eigenvalue weighted by molar-refractivity contribution is 6.02. The number of H-pyrrole nitrogens is 1. The average Bonchev–Trinajstić information content (AvgIpc) is 3.42. The summed E-state index contributed by atoms with van der Waals surface area (Å²) in [4.78, 5) is 15.9. The van der Waals surface area contributed by atoms with E-state index in [1.54, 1.807) is 30.5 Å². The van der Waals surface area contributed by atoms with Crippen LogP contribution in [-0.2, 0) is 5.41 Å². The number of nitrogens with two attached hydrogens (primary N) is 1. The van der Waals surface area contributed by atoms with Gasteiger partial charge in [-0.3, -0.25) is 10.1 Å². The smallest absolute Gasteiger partial charge is 0.387 e. The van der Waals surface area contributed by atoms with Gasteiger partial charge in [-0.05, 0) is 48.1 Å². The maximum Gasteiger partial charge on any atom is 0.387 e. The Bertz CT molecular complexity index is 1710. The molecule has 0 bridgehead atoms. The van der Waals surface area contributed by atoms with Gasteiger partial charge >= 0.3 is 6.61 Å². The van der Waals surface area contributed by atoms with Gasteiger partial charge in [0.25, 0.3) is 0 Å². The summed E-state index contributed by atoms with van der Waals surface area (Å²) in [7, 11) is 0. The lowest BCUT2D eigenvalue weighted by Crippen LogP contribution is -2.32. The molecule has 0 spiro atoms. The summed E-state index contributed by atoms with van der Waals surface area (Å²) in [6, 6.07) is 13.6. The van der Waals surface area contributed by atoms with E-state index in [0.717, 1.165) is 13.0 Å². The summed E-state index contributed by atoms with van der Waals surface area (Å²) in [6.45, 7) is -1.09. The van der Waals surface area contributed by atoms with Crippen LogP contribution in [0, 0.1) is 17.7 Å². The first-order chi connectivity index (χ1) is 19.0. The molecule has 3 atom stereocenters. The fourth-order valence-corrected chi connectivity index (χ4v) is 6.51. The number of halogens is 3. The van der Waals surface area contributed by atoms with E-state index in [0.29, 0.717) is 63.7 Å². The third-order valence-electron chi connectivity index (χ3n) is 8.33. The first-order valence-electron chi connectivity index (χ1n) is 12.8. The molecule has 1 saturated heterocycles. The van der Waals surface area contributed by atoms with E-state index >= 15 is 0 Å². The highest BCUT2D eigenvalue weighted by Crippen LogP contribution is 2.63. The summed E-state index contributed by atoms with van der Waals surface area (Å²) in [6.07, 6.45) is 4.12. The fourth-order valence-electron chi connectivity index (χ4n) is 6.51. The van der Waals surface area contributed by atoms with Crippen molar-refractivity contribution < 1.29 is 17.9 Å². The van der Waals surface area contributed by atoms with Gasteiger partial charge in [-0.15, -0.1) is 0 Å². The second kappa shape index (κ2) is 8.91. The Morgan fingerprint density at radius 3 is 2.77 bits per heavy atom. The topological polar surface area (TPSA) is 106 Å². The average molecular weight is 532 g/mol. The van der Waals surface area contributed by atoms with Crippen LogP contribution >= 0.6 is 0 Å². The first kappa shape index (κ1) is 23.8. The van der Waals surface area contributed by atoms with Crippen LogP contribution in [0.2, 0.25) is 0 Å². The molecule has 2 aromatic carbocycles. The molecule has 4 heterocycles. The quantitative estimate of drug-likeness (QED) is 0.328. The zero-order valence-corrected chi connectivity index (χ0v) is 20.7. The molecule has 8 nitrogen and oxygen atoms in total. The summed E-state index contributed by atoms with van der Waals surface area (Å²) >= 11 is 0. The van der Waals surface area contributed by atoms with Crippen LogP contribution in [0.5, 0.6) is 5.75 Å². The van der Waals surface area contributed by atoms with Gasteiger partial charge < -0.3 is 15.4 Å². The zero-order chi connectivity index (χ0) is 26.7. The Morgan fingerprint density at radius 2 is 1.95 bits per heavy atom. The van der Waals surface area contributed by atoms with Gasteiger partial charge in [0.05, 0.1) is 6.20 Å². The number of hydrogen-bond acceptors (Lipinski definition) is 7. The lowest BCUT2D eigenvalue weighted by molar-refractivity contribution is -0.0489. The number of hydrogen-bond donors (Lipinski definition) is 2. The highest BCUT2D eigenvalue weighted by atomic mass is 19.3. The molecule has 1 saturated carbocycles. The van der Waals surface area contributed by atoms with Crippen molar-refractivity contribution in [3.8, 4) is 17.0 Å². The predicted molar refractivity (Wildman–Crippen MR) is 140 cm³/mol. The van der Waals surface area contributed by atoms with E-state index in [4.69, 9.17) is 10.7 Å². The van der Waals surface area contributed by atoms with Crippen molar-refractivity contribution in [1.29, 1.82) is 0 Å². The zero-order valence-electron chi connectivity index (χ0n) is 20.7. The number of piperidine rings is 1. The summed E-state index contributed by atoms with van der Waals surface area (Å²) in [5.41, 5.74) is 9.16. The molecule has 0 radical (unpaired) electrons. The summed E-state index contributed by atoms with van der Waals surface area (Å²) in [5.74, 6) is 1.06. The normalized spacial score (nSPS) is 22.4. The van der Waals surface area contributed by atoms with Crippen molar-refractivity contribution in [3.63, 3.8) is 0 Å². The number of aromatic nitrogens is 5. The standard InChI is InChI=1S/C28H24F3N7O/c29-20-6-2-1-5-18(20)28(14-32)17-9-11-38(13-19(17)28)22-12-34-25-24(36-37-26(25)35-22)16-7-8-21(39-27(30)31)23-15(16)4-3-10-33-23/h1-8,10,12,17,19,27H,9,11,13-14,32H2,(H,35,36,37)/t17-,19+,28-/m1/s1. The predicted octanol–water partition coefficient (Wildman–Crippen LogP) is 4.66. The number of ether oxygens (including phenoxy) is 1. The van der Waals surface area contributed by atoms with Crippen molar-refractivity contribution in [1.82, 2.24) is 25.1 Å². The molecule has 39 heavy (non-hydrogen) atoms. The van der Waals surface area contributed by atoms with Crippen LogP contribution in [0.1, 0.15) is 12.0 Å². The van der Waals surface area contributed by atoms with Crippen molar-refractivity contribution in [2.24, 2.45) is 17.6 Å². The fraction of sp³-hybridized carbons (Fsp3) is 0.286. The Labute approximate surface area is 221 Å². The largest absolute Gasteiger partial charge is 0.432 e. The van der Waals surface area contributed by atoms with Crippen LogP contribution < -0.4 is 15.4 Å². The van der Waals surface area contributed by atoms with Gasteiger partial charge in [-0.25, -0.2) is 14.4 Å². The van der Waals surface area contributed by atoms with Crippen molar-refractivity contribution >= 4 is 27.9 Å². The number of rotatable bonds is 6. The van der Waals surface area contributed by atoms with E-state index in [-0.39, 0.29) is 22.9 Å². The van der Waals surface area contributed by atoms with Crippen LogP contribution in [-0.4, -0.2) is 51.4 Å². The van der Waals surface area contributed by atoms with Gasteiger partial charge in [0, 0.05) is 42.2 Å². The molecule has 1 aliphatic carbocycles. The Kier molecular flexibility index (Phi) is 5.44. The van der Waals surface area contributed by atoms with Crippen LogP contribution in [0.4, 0.5) is 19.0 Å². The number of aromatic amines is 1. The molecule has 1 aliphatic heterocycles. The maximum absolute atomic E-state index is 14.7. The minimum atomic E-state index is -2.96. The minimum Gasteiger partial charge on any atom is -0.432 e. The number of nitrogens with one attached hydrogen (secondary N) is 1. The molecule has 3 aromatic heterocycles. The van der Waals surface area contributed by atoms with E-state index < -0.39 is 6.61 Å². The van der Waals surface area contributed by atoms with Gasteiger partial charge in [0.2, 0.25) is 0 Å². The molecular weight excluding hydrogens is 507 g/mol. The lowest BCUT2D eigenvalue weighted by Gasteiger charge is -2.26. The van der Waals surface area contributed by atoms with Gasteiger partial charge in [-0.2, -0.15) is 13.9 Å². The summed E-state index contributed by atoms with van der Waals surface area (Å²) in [5, 5.41) is 8.03. The van der Waals surface area contributed by atoms with E-state index in [1.165, 1.54) is 18.3 Å². The number of alkyl halides is 2. The highest BCUT2D eigenvalue weighted by Gasteiger charge is 2.66. The number of fused-ring (bicyclic) bond motifs is 3. The number of pyridine rings is 1. The maximum atomic E-state index is 14.7. The Hall–Kier alpha value is -4.25. The van der Waals surface area contributed by atoms with E-state index in [9.17, 15) is 13.2 Å². The molecule has 7 rings (SSSR count). The van der Waals surface area contributed by atoms with Gasteiger partial charge in [-0.1, -0.05) is 24.3 Å². The monoisotopic (exact) mass is 531 g/mol. The van der Waals surface area contributed by atoms with Crippen molar-refractivity contribution in [3.05, 3.63) is 72.3 Å². The minimum absolute atomic E-state index is 0.00928. The molecule has 11 heteroatoms. The van der Waals surface area contributed by atoms with Gasteiger partial charge in [0.1, 0.15) is 28.4 Å². The van der Waals surface area contributed by atoms with Crippen LogP contribution in [0.3, 0.4) is 0 Å². The number of anilines is 1. The van der Waals surface area contributed by atoms with E-state index in [1.807, 2.05) is 12.1 Å². The SMILES string of the molecule is NC[C@]1(c2ccccc2F)[C@@H]2CCN(c3cnc4c(-c5ccc(OC(F)F)c6ncccc56)n[nH]c4n3)C[C@@H]21. The molecule has 0 unspecified atom stereocenters. The molecule has 2 fully saturated rings. The summed E-state index contributed by atoms with van der Waals surface area (Å²) < 4.78 is 45.2. The lowest BCUT2D eigenvalue weighted by atomic mass is 9.91. The van der Waals surface area contributed by atoms with Crippen molar-refractivity contribution in [2.45, 2.75) is 18.4 Å². The molecule has 0 amide bonds. The molecule has 3 N–H and O–H groups in total. The molecule has 198 valence electrons. The molecular formula is C28H24F3N7O. The Morgan fingerprint density at radius 1 is 1.08 bits per heavy atom. The van der Waals surface area contributed by atoms with Gasteiger partial charge in [0.15, 0.2) is 11.4 Å². The number of benzene rings is 2. The second-order valence-corrected chi connectivity index (χ2v) is 10.1. The van der Waals surface area contributed by atoms with Crippen LogP contribution in [0.25, 0.3) is 33.3 Å². The third kappa shape index (κ3) is 3.63.